The first-order chi connectivity index (χ1) is 8.16. The fraction of sp³-hybridized carbons (Fsp3) is 0.500. The first-order valence-electron chi connectivity index (χ1n) is 6.26. The quantitative estimate of drug-likeness (QED) is 0.803. The van der Waals surface area contributed by atoms with Gasteiger partial charge < -0.3 is 10.2 Å². The molecule has 0 aliphatic carbocycles. The number of aryl methyl sites for hydroxylation is 2. The van der Waals surface area contributed by atoms with Crippen LogP contribution in [0.1, 0.15) is 24.0 Å². The maximum absolute atomic E-state index is 12.1. The van der Waals surface area contributed by atoms with Crippen LogP contribution in [0.3, 0.4) is 0 Å². The molecule has 92 valence electrons. The molecule has 0 saturated carbocycles. The van der Waals surface area contributed by atoms with Crippen molar-refractivity contribution >= 4 is 11.6 Å². The molecule has 3 heteroatoms. The molecule has 1 aliphatic heterocycles. The molecule has 0 aromatic heterocycles. The summed E-state index contributed by atoms with van der Waals surface area (Å²) in [6, 6.07) is 6.31. The first-order valence-corrected chi connectivity index (χ1v) is 6.26. The monoisotopic (exact) mass is 232 g/mol. The summed E-state index contributed by atoms with van der Waals surface area (Å²) in [7, 11) is 0. The second-order valence-corrected chi connectivity index (χ2v) is 4.78. The molecule has 3 nitrogen and oxygen atoms in total. The van der Waals surface area contributed by atoms with Gasteiger partial charge in [-0.3, -0.25) is 4.79 Å². The Hall–Kier alpha value is -1.35. The number of hydrogen-bond donors (Lipinski definition) is 1. The average molecular weight is 232 g/mol. The van der Waals surface area contributed by atoms with Crippen LogP contribution in [0.25, 0.3) is 0 Å². The molecule has 1 amide bonds. The highest BCUT2D eigenvalue weighted by Crippen LogP contribution is 2.20. The fourth-order valence-corrected chi connectivity index (χ4v) is 2.31. The molecule has 1 aromatic carbocycles. The van der Waals surface area contributed by atoms with Crippen LogP contribution >= 0.6 is 0 Å². The molecular formula is C14H20N2O. The minimum absolute atomic E-state index is 0.176. The number of anilines is 1. The van der Waals surface area contributed by atoms with Crippen molar-refractivity contribution in [3.63, 3.8) is 0 Å². The molecule has 0 spiro atoms. The van der Waals surface area contributed by atoms with Gasteiger partial charge in [-0.15, -0.1) is 0 Å². The van der Waals surface area contributed by atoms with Gasteiger partial charge in [0.1, 0.15) is 0 Å². The standard InChI is InChI=1S/C14H20N2O/c1-11-7-12(2)9-13(8-11)16-6-4-3-5-15-10-14(16)17/h7-9,15H,3-6,10H2,1-2H3. The zero-order valence-electron chi connectivity index (χ0n) is 10.6. The molecule has 1 aliphatic rings. The minimum Gasteiger partial charge on any atom is -0.311 e. The van der Waals surface area contributed by atoms with Gasteiger partial charge in [-0.1, -0.05) is 6.07 Å². The Morgan fingerprint density at radius 2 is 1.82 bits per heavy atom. The fourth-order valence-electron chi connectivity index (χ4n) is 2.31. The normalized spacial score (nSPS) is 17.8. The zero-order valence-corrected chi connectivity index (χ0v) is 10.6. The van der Waals surface area contributed by atoms with Crippen molar-refractivity contribution in [2.45, 2.75) is 26.7 Å². The smallest absolute Gasteiger partial charge is 0.240 e. The van der Waals surface area contributed by atoms with Gasteiger partial charge in [0.25, 0.3) is 0 Å². The molecule has 17 heavy (non-hydrogen) atoms. The SMILES string of the molecule is Cc1cc(C)cc(N2CCCCNCC2=O)c1. The molecule has 1 fully saturated rings. The Morgan fingerprint density at radius 3 is 2.53 bits per heavy atom. The number of amides is 1. The number of nitrogens with zero attached hydrogens (tertiary/aromatic N) is 1. The van der Waals surface area contributed by atoms with E-state index in [-0.39, 0.29) is 5.91 Å². The predicted molar refractivity (Wildman–Crippen MR) is 70.4 cm³/mol. The molecule has 2 rings (SSSR count). The van der Waals surface area contributed by atoms with Crippen molar-refractivity contribution in [2.24, 2.45) is 0 Å². The van der Waals surface area contributed by atoms with E-state index in [1.807, 2.05) is 4.90 Å². The van der Waals surface area contributed by atoms with E-state index in [0.29, 0.717) is 6.54 Å². The maximum atomic E-state index is 12.1. The van der Waals surface area contributed by atoms with E-state index in [2.05, 4.69) is 37.4 Å². The zero-order chi connectivity index (χ0) is 12.3. The summed E-state index contributed by atoms with van der Waals surface area (Å²) < 4.78 is 0. The van der Waals surface area contributed by atoms with E-state index in [9.17, 15) is 4.79 Å². The largest absolute Gasteiger partial charge is 0.311 e. The number of carbonyl (C=O) groups excluding carboxylic acids is 1. The van der Waals surface area contributed by atoms with Gasteiger partial charge in [-0.25, -0.2) is 0 Å². The molecule has 1 saturated heterocycles. The van der Waals surface area contributed by atoms with Crippen molar-refractivity contribution in [3.05, 3.63) is 29.3 Å². The highest BCUT2D eigenvalue weighted by molar-refractivity contribution is 5.95. The van der Waals surface area contributed by atoms with E-state index in [1.54, 1.807) is 0 Å². The van der Waals surface area contributed by atoms with E-state index in [4.69, 9.17) is 0 Å². The number of carbonyl (C=O) groups is 1. The average Bonchev–Trinajstić information content (AvgIpc) is 2.22. The lowest BCUT2D eigenvalue weighted by Gasteiger charge is -2.26. The maximum Gasteiger partial charge on any atom is 0.240 e. The van der Waals surface area contributed by atoms with Crippen molar-refractivity contribution in [1.82, 2.24) is 5.32 Å². The van der Waals surface area contributed by atoms with Gasteiger partial charge in [0.05, 0.1) is 6.54 Å². The summed E-state index contributed by atoms with van der Waals surface area (Å²) in [6.07, 6.45) is 2.19. The number of rotatable bonds is 1. The Balaban J connectivity index is 2.25. The number of benzene rings is 1. The third-order valence-corrected chi connectivity index (χ3v) is 3.08. The lowest BCUT2D eigenvalue weighted by Crippen LogP contribution is -2.41. The van der Waals surface area contributed by atoms with Crippen LogP contribution in [0.4, 0.5) is 5.69 Å². The van der Waals surface area contributed by atoms with E-state index in [1.165, 1.54) is 11.1 Å². The second-order valence-electron chi connectivity index (χ2n) is 4.78. The number of nitrogens with one attached hydrogen (secondary N) is 1. The Morgan fingerprint density at radius 1 is 1.12 bits per heavy atom. The van der Waals surface area contributed by atoms with Gasteiger partial charge in [0.15, 0.2) is 0 Å². The summed E-state index contributed by atoms with van der Waals surface area (Å²) in [6.45, 7) is 6.38. The second kappa shape index (κ2) is 5.32. The number of hydrogen-bond acceptors (Lipinski definition) is 2. The van der Waals surface area contributed by atoms with Gasteiger partial charge >= 0.3 is 0 Å². The molecular weight excluding hydrogens is 212 g/mol. The van der Waals surface area contributed by atoms with Crippen LogP contribution < -0.4 is 10.2 Å². The summed E-state index contributed by atoms with van der Waals surface area (Å²) >= 11 is 0. The lowest BCUT2D eigenvalue weighted by molar-refractivity contribution is -0.118. The van der Waals surface area contributed by atoms with Crippen LogP contribution in [0, 0.1) is 13.8 Å². The van der Waals surface area contributed by atoms with Gasteiger partial charge in [0, 0.05) is 12.2 Å². The summed E-state index contributed by atoms with van der Waals surface area (Å²) in [5.41, 5.74) is 3.46. The Kier molecular flexibility index (Phi) is 3.79. The highest BCUT2D eigenvalue weighted by atomic mass is 16.2. The molecule has 1 N–H and O–H groups in total. The van der Waals surface area contributed by atoms with Gasteiger partial charge in [-0.2, -0.15) is 0 Å². The minimum atomic E-state index is 0.176. The van der Waals surface area contributed by atoms with Crippen LogP contribution in [0.2, 0.25) is 0 Å². The predicted octanol–water partition coefficient (Wildman–Crippen LogP) is 2.02. The molecule has 0 radical (unpaired) electrons. The van der Waals surface area contributed by atoms with Gasteiger partial charge in [0.2, 0.25) is 5.91 Å². The van der Waals surface area contributed by atoms with Crippen molar-refractivity contribution in [2.75, 3.05) is 24.5 Å². The summed E-state index contributed by atoms with van der Waals surface area (Å²) in [5, 5.41) is 3.17. The highest BCUT2D eigenvalue weighted by Gasteiger charge is 2.17. The van der Waals surface area contributed by atoms with Crippen LogP contribution in [0.5, 0.6) is 0 Å². The van der Waals surface area contributed by atoms with Crippen LogP contribution in [-0.2, 0) is 4.79 Å². The van der Waals surface area contributed by atoms with E-state index >= 15 is 0 Å². The van der Waals surface area contributed by atoms with Gasteiger partial charge in [-0.05, 0) is 56.5 Å². The third kappa shape index (κ3) is 3.07. The summed E-state index contributed by atoms with van der Waals surface area (Å²) in [4.78, 5) is 14.0. The van der Waals surface area contributed by atoms with Crippen molar-refractivity contribution < 1.29 is 4.79 Å². The molecule has 0 unspecified atom stereocenters. The topological polar surface area (TPSA) is 32.3 Å². The lowest BCUT2D eigenvalue weighted by atomic mass is 10.1. The van der Waals surface area contributed by atoms with E-state index in [0.717, 1.165) is 31.6 Å². The van der Waals surface area contributed by atoms with Crippen molar-refractivity contribution in [1.29, 1.82) is 0 Å². The first kappa shape index (κ1) is 12.1. The Bertz CT molecular complexity index is 394. The molecule has 1 aromatic rings. The van der Waals surface area contributed by atoms with E-state index < -0.39 is 0 Å². The summed E-state index contributed by atoms with van der Waals surface area (Å²) in [5.74, 6) is 0.176. The third-order valence-electron chi connectivity index (χ3n) is 3.08. The molecule has 0 atom stereocenters. The Labute approximate surface area is 103 Å². The van der Waals surface area contributed by atoms with Crippen LogP contribution in [-0.4, -0.2) is 25.5 Å². The van der Waals surface area contributed by atoms with Crippen LogP contribution in [0.15, 0.2) is 18.2 Å². The molecule has 1 heterocycles. The van der Waals surface area contributed by atoms with Crippen molar-refractivity contribution in [3.8, 4) is 0 Å². The molecule has 0 bridgehead atoms.